The van der Waals surface area contributed by atoms with Gasteiger partial charge in [-0.1, -0.05) is 37.3 Å². The van der Waals surface area contributed by atoms with Crippen LogP contribution in [-0.2, 0) is 0 Å². The third-order valence-electron chi connectivity index (χ3n) is 4.84. The fraction of sp³-hybridized carbons (Fsp3) is 0.571. The van der Waals surface area contributed by atoms with Gasteiger partial charge in [-0.05, 0) is 43.1 Å². The predicted octanol–water partition coefficient (Wildman–Crippen LogP) is 2.57. The summed E-state index contributed by atoms with van der Waals surface area (Å²) in [5.41, 5.74) is 1.81. The maximum absolute atomic E-state index is 9.96. The Morgan fingerprint density at radius 1 is 1.41 bits per heavy atom. The molecular weight excluding hydrogens is 209 g/mol. The molecule has 0 radical (unpaired) electrons. The average Bonchev–Trinajstić information content (AvgIpc) is 2.96. The molecular formula is C14H20BNO. The largest absolute Gasteiger partial charge is 0.437 e. The lowest BCUT2D eigenvalue weighted by atomic mass is 9.78. The number of piperidine rings is 1. The van der Waals surface area contributed by atoms with Crippen LogP contribution in [0.15, 0.2) is 30.3 Å². The normalized spacial score (nSPS) is 35.7. The third kappa shape index (κ3) is 1.56. The van der Waals surface area contributed by atoms with Gasteiger partial charge in [-0.3, -0.25) is 0 Å². The van der Waals surface area contributed by atoms with Crippen molar-refractivity contribution < 1.29 is 5.02 Å². The maximum atomic E-state index is 9.96. The first kappa shape index (κ1) is 11.3. The lowest BCUT2D eigenvalue weighted by Crippen LogP contribution is -2.40. The fourth-order valence-electron chi connectivity index (χ4n) is 3.82. The zero-order valence-corrected chi connectivity index (χ0v) is 10.6. The second-order valence-corrected chi connectivity index (χ2v) is 5.63. The van der Waals surface area contributed by atoms with Gasteiger partial charge in [0.15, 0.2) is 0 Å². The molecule has 0 amide bonds. The lowest BCUT2D eigenvalue weighted by Gasteiger charge is -2.33. The highest BCUT2D eigenvalue weighted by molar-refractivity contribution is 6.45. The summed E-state index contributed by atoms with van der Waals surface area (Å²) >= 11 is 0. The summed E-state index contributed by atoms with van der Waals surface area (Å²) < 4.78 is 0. The Morgan fingerprint density at radius 3 is 2.71 bits per heavy atom. The maximum Gasteiger partial charge on any atom is 0.376 e. The van der Waals surface area contributed by atoms with E-state index in [0.29, 0.717) is 11.5 Å². The second-order valence-electron chi connectivity index (χ2n) is 5.63. The van der Waals surface area contributed by atoms with E-state index in [1.165, 1.54) is 18.4 Å². The van der Waals surface area contributed by atoms with Crippen LogP contribution in [0.5, 0.6) is 0 Å². The smallest absolute Gasteiger partial charge is 0.376 e. The van der Waals surface area contributed by atoms with Gasteiger partial charge in [0.25, 0.3) is 0 Å². The van der Waals surface area contributed by atoms with Gasteiger partial charge in [-0.25, -0.2) is 0 Å². The van der Waals surface area contributed by atoms with Crippen molar-refractivity contribution in [3.05, 3.63) is 35.9 Å². The van der Waals surface area contributed by atoms with E-state index in [1.54, 1.807) is 0 Å². The van der Waals surface area contributed by atoms with Crippen LogP contribution in [0.1, 0.15) is 31.4 Å². The number of rotatable bonds is 3. The topological polar surface area (TPSA) is 23.5 Å². The van der Waals surface area contributed by atoms with Crippen LogP contribution >= 0.6 is 0 Å². The minimum atomic E-state index is -0.337. The number of fused-ring (bicyclic) bond motifs is 1. The summed E-state index contributed by atoms with van der Waals surface area (Å²) in [7, 11) is -0.337. The second kappa shape index (κ2) is 3.86. The molecule has 1 saturated heterocycles. The first-order chi connectivity index (χ1) is 8.19. The molecule has 1 aromatic rings. The van der Waals surface area contributed by atoms with E-state index in [0.717, 1.165) is 12.5 Å². The molecule has 1 aromatic carbocycles. The van der Waals surface area contributed by atoms with Crippen molar-refractivity contribution in [3.8, 4) is 0 Å². The van der Waals surface area contributed by atoms with Gasteiger partial charge in [-0.15, -0.1) is 0 Å². The van der Waals surface area contributed by atoms with E-state index >= 15 is 0 Å². The minimum Gasteiger partial charge on any atom is -0.437 e. The zero-order valence-electron chi connectivity index (χ0n) is 10.6. The van der Waals surface area contributed by atoms with Gasteiger partial charge in [-0.2, -0.15) is 0 Å². The summed E-state index contributed by atoms with van der Waals surface area (Å²) in [6, 6.07) is 11.1. The molecule has 17 heavy (non-hydrogen) atoms. The van der Waals surface area contributed by atoms with Crippen molar-refractivity contribution in [1.82, 2.24) is 4.81 Å². The lowest BCUT2D eigenvalue weighted by molar-refractivity contribution is 0.253. The van der Waals surface area contributed by atoms with Crippen LogP contribution in [-0.4, -0.2) is 23.4 Å². The molecule has 3 heteroatoms. The van der Waals surface area contributed by atoms with Gasteiger partial charge in [0.1, 0.15) is 0 Å². The Bertz CT molecular complexity index is 404. The van der Waals surface area contributed by atoms with Crippen LogP contribution < -0.4 is 0 Å². The first-order valence-corrected chi connectivity index (χ1v) is 6.68. The molecule has 3 rings (SSSR count). The third-order valence-corrected chi connectivity index (χ3v) is 4.84. The Morgan fingerprint density at radius 2 is 2.12 bits per heavy atom. The molecule has 3 atom stereocenters. The zero-order chi connectivity index (χ0) is 12.0. The molecule has 0 bridgehead atoms. The van der Waals surface area contributed by atoms with Crippen LogP contribution in [0.3, 0.4) is 0 Å². The Balaban J connectivity index is 1.98. The summed E-state index contributed by atoms with van der Waals surface area (Å²) in [6.45, 7) is 5.25. The van der Waals surface area contributed by atoms with Crippen molar-refractivity contribution in [1.29, 1.82) is 0 Å². The van der Waals surface area contributed by atoms with Crippen molar-refractivity contribution in [2.75, 3.05) is 6.54 Å². The van der Waals surface area contributed by atoms with Crippen LogP contribution in [0.2, 0.25) is 6.82 Å². The van der Waals surface area contributed by atoms with Gasteiger partial charge >= 0.3 is 7.05 Å². The van der Waals surface area contributed by atoms with Crippen molar-refractivity contribution in [2.24, 2.45) is 11.3 Å². The van der Waals surface area contributed by atoms with Crippen LogP contribution in [0.25, 0.3) is 0 Å². The summed E-state index contributed by atoms with van der Waals surface area (Å²) in [6.07, 6.45) is 2.56. The highest BCUT2D eigenvalue weighted by Crippen LogP contribution is 2.69. The van der Waals surface area contributed by atoms with E-state index in [2.05, 4.69) is 42.1 Å². The monoisotopic (exact) mass is 229 g/mol. The predicted molar refractivity (Wildman–Crippen MR) is 70.6 cm³/mol. The van der Waals surface area contributed by atoms with Gasteiger partial charge in [0.05, 0.1) is 0 Å². The Labute approximate surface area is 104 Å². The number of nitrogens with zero attached hydrogens (tertiary/aromatic N) is 1. The number of hydrogen-bond acceptors (Lipinski definition) is 2. The molecule has 1 N–H and O–H groups in total. The quantitative estimate of drug-likeness (QED) is 0.805. The van der Waals surface area contributed by atoms with E-state index in [-0.39, 0.29) is 7.05 Å². The van der Waals surface area contributed by atoms with Crippen molar-refractivity contribution in [2.45, 2.75) is 32.6 Å². The average molecular weight is 229 g/mol. The minimum absolute atomic E-state index is 0.337. The Kier molecular flexibility index (Phi) is 2.56. The molecule has 0 spiro atoms. The molecule has 1 aliphatic carbocycles. The van der Waals surface area contributed by atoms with E-state index < -0.39 is 0 Å². The van der Waals surface area contributed by atoms with Gasteiger partial charge in [0.2, 0.25) is 0 Å². The van der Waals surface area contributed by atoms with Crippen molar-refractivity contribution >= 4 is 7.05 Å². The van der Waals surface area contributed by atoms with Gasteiger partial charge < -0.3 is 9.83 Å². The SMILES string of the molecule is CCC12CC1CN(B(C)O)C2c1ccccc1. The number of hydrogen-bond donors (Lipinski definition) is 1. The molecule has 1 aliphatic heterocycles. The number of benzene rings is 1. The molecule has 2 aliphatic rings. The molecule has 1 saturated carbocycles. The molecule has 2 fully saturated rings. The highest BCUT2D eigenvalue weighted by Gasteiger charge is 2.65. The fourth-order valence-corrected chi connectivity index (χ4v) is 3.82. The van der Waals surface area contributed by atoms with Crippen molar-refractivity contribution in [3.63, 3.8) is 0 Å². The first-order valence-electron chi connectivity index (χ1n) is 6.68. The molecule has 0 aromatic heterocycles. The van der Waals surface area contributed by atoms with E-state index in [9.17, 15) is 5.02 Å². The molecule has 1 heterocycles. The van der Waals surface area contributed by atoms with Crippen LogP contribution in [0, 0.1) is 11.3 Å². The van der Waals surface area contributed by atoms with Gasteiger partial charge in [0, 0.05) is 6.04 Å². The summed E-state index contributed by atoms with van der Waals surface area (Å²) in [5, 5.41) is 9.96. The summed E-state index contributed by atoms with van der Waals surface area (Å²) in [5.74, 6) is 0.798. The molecule has 90 valence electrons. The highest BCUT2D eigenvalue weighted by atomic mass is 16.2. The molecule has 3 unspecified atom stereocenters. The Hall–Kier alpha value is -0.795. The van der Waals surface area contributed by atoms with Crippen LogP contribution in [0.4, 0.5) is 0 Å². The van der Waals surface area contributed by atoms with E-state index in [4.69, 9.17) is 0 Å². The summed E-state index contributed by atoms with van der Waals surface area (Å²) in [4.78, 5) is 2.27. The molecule has 2 nitrogen and oxygen atoms in total. The van der Waals surface area contributed by atoms with E-state index in [1.807, 2.05) is 6.82 Å². The standard InChI is InChI=1S/C14H20BNO/c1-3-14-9-12(14)10-16(15(2)17)13(14)11-7-5-4-6-8-11/h4-8,12-13,17H,3,9-10H2,1-2H3.